The van der Waals surface area contributed by atoms with Crippen LogP contribution in [0.4, 0.5) is 0 Å². The Hall–Kier alpha value is -1.15. The molecular weight excluding hydrogens is 374 g/mol. The molecule has 0 aromatic heterocycles. The van der Waals surface area contributed by atoms with Crippen LogP contribution in [0.1, 0.15) is 31.2 Å². The minimum absolute atomic E-state index is 0. The summed E-state index contributed by atoms with van der Waals surface area (Å²) in [5, 5.41) is 2.91. The fourth-order valence-electron chi connectivity index (χ4n) is 3.29. The van der Waals surface area contributed by atoms with Crippen molar-refractivity contribution in [2.45, 2.75) is 43.5 Å². The fraction of sp³-hybridized carbons (Fsp3) is 0.611. The number of carbonyl (C=O) groups excluding carboxylic acids is 1. The van der Waals surface area contributed by atoms with Gasteiger partial charge in [0.15, 0.2) is 0 Å². The Bertz CT molecular complexity index is 720. The van der Waals surface area contributed by atoms with E-state index in [0.29, 0.717) is 31.8 Å². The minimum Gasteiger partial charge on any atom is -0.354 e. The summed E-state index contributed by atoms with van der Waals surface area (Å²) < 4.78 is 27.0. The Kier molecular flexibility index (Phi) is 7.07. The quantitative estimate of drug-likeness (QED) is 0.758. The highest BCUT2D eigenvalue weighted by Crippen LogP contribution is 2.31. The van der Waals surface area contributed by atoms with Crippen LogP contribution in [0.5, 0.6) is 0 Å². The van der Waals surface area contributed by atoms with E-state index < -0.39 is 10.0 Å². The molecule has 0 spiro atoms. The molecule has 1 saturated heterocycles. The van der Waals surface area contributed by atoms with Crippen molar-refractivity contribution in [3.63, 3.8) is 0 Å². The number of rotatable bonds is 6. The van der Waals surface area contributed by atoms with Crippen molar-refractivity contribution in [2.75, 3.05) is 19.6 Å². The summed E-state index contributed by atoms with van der Waals surface area (Å²) >= 11 is 0. The molecule has 146 valence electrons. The standard InChI is InChI=1S/C18H27N3O3S.ClH/c1-13-4-8-16(9-5-13)25(23,24)21-10-2-3-15(12-21)18(22)20-11-17(19)14-6-7-14;/h4-5,8-9,14-15,17H,2-3,6-7,10-12,19H2,1H3,(H,20,22);1H. The van der Waals surface area contributed by atoms with E-state index in [1.165, 1.54) is 4.31 Å². The van der Waals surface area contributed by atoms with Gasteiger partial charge in [-0.1, -0.05) is 17.7 Å². The van der Waals surface area contributed by atoms with Gasteiger partial charge >= 0.3 is 0 Å². The molecule has 6 nitrogen and oxygen atoms in total. The lowest BCUT2D eigenvalue weighted by atomic mass is 9.98. The third-order valence-electron chi connectivity index (χ3n) is 5.15. The average Bonchev–Trinajstić information content (AvgIpc) is 3.45. The Morgan fingerprint density at radius 2 is 1.92 bits per heavy atom. The van der Waals surface area contributed by atoms with Crippen molar-refractivity contribution in [3.8, 4) is 0 Å². The summed E-state index contributed by atoms with van der Waals surface area (Å²) in [6, 6.07) is 6.85. The van der Waals surface area contributed by atoms with Crippen LogP contribution < -0.4 is 11.1 Å². The van der Waals surface area contributed by atoms with Crippen LogP contribution in [0.2, 0.25) is 0 Å². The molecule has 26 heavy (non-hydrogen) atoms. The second kappa shape index (κ2) is 8.69. The molecule has 2 unspecified atom stereocenters. The van der Waals surface area contributed by atoms with E-state index in [1.54, 1.807) is 24.3 Å². The number of nitrogens with one attached hydrogen (secondary N) is 1. The van der Waals surface area contributed by atoms with Gasteiger partial charge in [0.2, 0.25) is 15.9 Å². The molecule has 1 aliphatic carbocycles. The smallest absolute Gasteiger partial charge is 0.243 e. The molecule has 2 aliphatic rings. The van der Waals surface area contributed by atoms with Crippen molar-refractivity contribution in [2.24, 2.45) is 17.6 Å². The van der Waals surface area contributed by atoms with E-state index in [-0.39, 0.29) is 41.7 Å². The maximum Gasteiger partial charge on any atom is 0.243 e. The number of piperidine rings is 1. The van der Waals surface area contributed by atoms with Gasteiger partial charge in [-0.2, -0.15) is 4.31 Å². The fourth-order valence-corrected chi connectivity index (χ4v) is 4.81. The third kappa shape index (κ3) is 4.97. The monoisotopic (exact) mass is 401 g/mol. The number of amides is 1. The largest absolute Gasteiger partial charge is 0.354 e. The van der Waals surface area contributed by atoms with Crippen LogP contribution in [0.15, 0.2) is 29.2 Å². The molecule has 3 N–H and O–H groups in total. The molecular formula is C18H28ClN3O3S. The molecule has 8 heteroatoms. The third-order valence-corrected chi connectivity index (χ3v) is 7.03. The molecule has 1 aliphatic heterocycles. The van der Waals surface area contributed by atoms with Gasteiger partial charge < -0.3 is 11.1 Å². The highest BCUT2D eigenvalue weighted by Gasteiger charge is 2.34. The van der Waals surface area contributed by atoms with Gasteiger partial charge in [0.05, 0.1) is 10.8 Å². The number of carbonyl (C=O) groups is 1. The Morgan fingerprint density at radius 1 is 1.27 bits per heavy atom. The summed E-state index contributed by atoms with van der Waals surface area (Å²) in [5.41, 5.74) is 7.04. The maximum atomic E-state index is 12.8. The number of sulfonamides is 1. The lowest BCUT2D eigenvalue weighted by Crippen LogP contribution is -2.47. The van der Waals surface area contributed by atoms with E-state index in [9.17, 15) is 13.2 Å². The van der Waals surface area contributed by atoms with Crippen molar-refractivity contribution < 1.29 is 13.2 Å². The Balaban J connectivity index is 0.00000243. The molecule has 1 heterocycles. The second-order valence-electron chi connectivity index (χ2n) is 7.26. The minimum atomic E-state index is -3.55. The second-order valence-corrected chi connectivity index (χ2v) is 9.20. The van der Waals surface area contributed by atoms with E-state index in [2.05, 4.69) is 5.32 Å². The van der Waals surface area contributed by atoms with Gasteiger partial charge in [-0.3, -0.25) is 4.79 Å². The maximum absolute atomic E-state index is 12.8. The zero-order chi connectivity index (χ0) is 18.0. The van der Waals surface area contributed by atoms with Gasteiger partial charge in [0.1, 0.15) is 0 Å². The number of benzene rings is 1. The van der Waals surface area contributed by atoms with Crippen molar-refractivity contribution >= 4 is 28.3 Å². The lowest BCUT2D eigenvalue weighted by molar-refractivity contribution is -0.126. The summed E-state index contributed by atoms with van der Waals surface area (Å²) in [6.07, 6.45) is 3.69. The Morgan fingerprint density at radius 3 is 2.54 bits per heavy atom. The van der Waals surface area contributed by atoms with Gasteiger partial charge in [0.25, 0.3) is 0 Å². The number of halogens is 1. The zero-order valence-electron chi connectivity index (χ0n) is 15.1. The molecule has 2 fully saturated rings. The highest BCUT2D eigenvalue weighted by molar-refractivity contribution is 7.89. The van der Waals surface area contributed by atoms with Crippen molar-refractivity contribution in [1.29, 1.82) is 0 Å². The van der Waals surface area contributed by atoms with Crippen LogP contribution in [0.25, 0.3) is 0 Å². The van der Waals surface area contributed by atoms with Gasteiger partial charge in [-0.25, -0.2) is 8.42 Å². The average molecular weight is 402 g/mol. The number of nitrogens with two attached hydrogens (primary N) is 1. The topological polar surface area (TPSA) is 92.5 Å². The normalized spacial score (nSPS) is 22.3. The summed E-state index contributed by atoms with van der Waals surface area (Å²) in [5.74, 6) is 0.144. The van der Waals surface area contributed by atoms with E-state index >= 15 is 0 Å². The molecule has 0 radical (unpaired) electrons. The van der Waals surface area contributed by atoms with Crippen molar-refractivity contribution in [1.82, 2.24) is 9.62 Å². The first-order chi connectivity index (χ1) is 11.9. The van der Waals surface area contributed by atoms with Gasteiger partial charge in [-0.15, -0.1) is 12.4 Å². The molecule has 1 aromatic carbocycles. The zero-order valence-corrected chi connectivity index (χ0v) is 16.7. The van der Waals surface area contributed by atoms with E-state index in [1.807, 2.05) is 6.92 Å². The van der Waals surface area contributed by atoms with Crippen LogP contribution >= 0.6 is 12.4 Å². The predicted octanol–water partition coefficient (Wildman–Crippen LogP) is 1.67. The SMILES string of the molecule is Cc1ccc(S(=O)(=O)N2CCCC(C(=O)NCC(N)C3CC3)C2)cc1.Cl. The number of hydrogen-bond acceptors (Lipinski definition) is 4. The van der Waals surface area contributed by atoms with Crippen molar-refractivity contribution in [3.05, 3.63) is 29.8 Å². The van der Waals surface area contributed by atoms with Crippen LogP contribution in [-0.2, 0) is 14.8 Å². The molecule has 1 saturated carbocycles. The summed E-state index contributed by atoms with van der Waals surface area (Å²) in [6.45, 7) is 3.09. The first-order valence-corrected chi connectivity index (χ1v) is 10.4. The van der Waals surface area contributed by atoms with Gasteiger partial charge in [0, 0.05) is 25.7 Å². The molecule has 0 bridgehead atoms. The van der Waals surface area contributed by atoms with Crippen LogP contribution in [0, 0.1) is 18.8 Å². The molecule has 1 aromatic rings. The van der Waals surface area contributed by atoms with Gasteiger partial charge in [-0.05, 0) is 50.7 Å². The predicted molar refractivity (Wildman–Crippen MR) is 104 cm³/mol. The molecule has 2 atom stereocenters. The summed E-state index contributed by atoms with van der Waals surface area (Å²) in [7, 11) is -3.55. The first kappa shape index (κ1) is 21.2. The first-order valence-electron chi connectivity index (χ1n) is 8.98. The summed E-state index contributed by atoms with van der Waals surface area (Å²) in [4.78, 5) is 12.7. The van der Waals surface area contributed by atoms with Crippen LogP contribution in [0.3, 0.4) is 0 Å². The number of nitrogens with zero attached hydrogens (tertiary/aromatic N) is 1. The molecule has 1 amide bonds. The molecule has 3 rings (SSSR count). The lowest BCUT2D eigenvalue weighted by Gasteiger charge is -2.31. The highest BCUT2D eigenvalue weighted by atomic mass is 35.5. The van der Waals surface area contributed by atoms with E-state index in [4.69, 9.17) is 5.73 Å². The number of hydrogen-bond donors (Lipinski definition) is 2. The Labute approximate surface area is 162 Å². The van der Waals surface area contributed by atoms with Crippen LogP contribution in [-0.4, -0.2) is 44.3 Å². The number of aryl methyl sites for hydroxylation is 1. The van der Waals surface area contributed by atoms with E-state index in [0.717, 1.165) is 18.4 Å².